The average Bonchev–Trinajstić information content (AvgIpc) is 2.95. The lowest BCUT2D eigenvalue weighted by atomic mass is 9.89. The Kier molecular flexibility index (Phi) is 2.82. The molecule has 0 spiro atoms. The van der Waals surface area contributed by atoms with Crippen LogP contribution in [0, 0.1) is 5.92 Å². The molecule has 0 amide bonds. The van der Waals surface area contributed by atoms with Gasteiger partial charge in [-0.05, 0) is 44.8 Å². The second-order valence-corrected chi connectivity index (χ2v) is 4.83. The second kappa shape index (κ2) is 4.45. The first kappa shape index (κ1) is 10.1. The SMILES string of the molecule is C1CN2CCC1CC2.c1cn2c(n1)OCC2. The first-order valence-corrected chi connectivity index (χ1v) is 6.28. The van der Waals surface area contributed by atoms with Gasteiger partial charge in [-0.25, -0.2) is 4.98 Å². The van der Waals surface area contributed by atoms with E-state index in [1.54, 1.807) is 6.20 Å². The van der Waals surface area contributed by atoms with Crippen molar-refractivity contribution >= 4 is 0 Å². The molecule has 2 bridgehead atoms. The molecule has 1 aromatic rings. The third-order valence-electron chi connectivity index (χ3n) is 3.80. The molecule has 5 heterocycles. The molecule has 0 unspecified atom stereocenters. The van der Waals surface area contributed by atoms with E-state index in [-0.39, 0.29) is 0 Å². The van der Waals surface area contributed by atoms with E-state index in [1.807, 2.05) is 10.8 Å². The number of fused-ring (bicyclic) bond motifs is 4. The number of imidazole rings is 1. The smallest absolute Gasteiger partial charge is 0.296 e. The monoisotopic (exact) mass is 221 g/mol. The summed E-state index contributed by atoms with van der Waals surface area (Å²) in [4.78, 5) is 6.52. The summed E-state index contributed by atoms with van der Waals surface area (Å²) in [5.41, 5.74) is 0. The van der Waals surface area contributed by atoms with Gasteiger partial charge in [0.1, 0.15) is 6.61 Å². The Morgan fingerprint density at radius 3 is 2.38 bits per heavy atom. The molecule has 0 saturated carbocycles. The molecular formula is C12H19N3O. The topological polar surface area (TPSA) is 30.3 Å². The molecule has 16 heavy (non-hydrogen) atoms. The van der Waals surface area contributed by atoms with E-state index in [0.717, 1.165) is 25.1 Å². The number of piperidine rings is 3. The van der Waals surface area contributed by atoms with Gasteiger partial charge in [0.15, 0.2) is 0 Å². The van der Waals surface area contributed by atoms with Crippen molar-refractivity contribution < 1.29 is 4.74 Å². The van der Waals surface area contributed by atoms with Gasteiger partial charge in [-0.3, -0.25) is 4.57 Å². The fourth-order valence-electron chi connectivity index (χ4n) is 2.70. The molecule has 0 N–H and O–H groups in total. The van der Waals surface area contributed by atoms with Crippen molar-refractivity contribution in [3.8, 4) is 6.01 Å². The van der Waals surface area contributed by atoms with Crippen molar-refractivity contribution in [1.82, 2.24) is 14.5 Å². The van der Waals surface area contributed by atoms with Crippen LogP contribution in [-0.2, 0) is 6.54 Å². The average molecular weight is 221 g/mol. The Bertz CT molecular complexity index is 300. The van der Waals surface area contributed by atoms with Crippen LogP contribution in [0.15, 0.2) is 12.4 Å². The summed E-state index contributed by atoms with van der Waals surface area (Å²) in [5, 5.41) is 0. The summed E-state index contributed by atoms with van der Waals surface area (Å²) in [6.07, 6.45) is 8.12. The standard InChI is InChI=1S/C7H13N.C5H6N2O/c1-4-8-5-2-7(1)3-6-8;1-2-7-3-4-8-5(7)6-1/h7H,1-6H2;1-2H,3-4H2. The van der Waals surface area contributed by atoms with E-state index in [2.05, 4.69) is 9.88 Å². The number of nitrogens with zero attached hydrogens (tertiary/aromatic N) is 3. The van der Waals surface area contributed by atoms with E-state index in [1.165, 1.54) is 38.9 Å². The summed E-state index contributed by atoms with van der Waals surface area (Å²) < 4.78 is 7.08. The van der Waals surface area contributed by atoms with Crippen LogP contribution in [0.5, 0.6) is 6.01 Å². The number of ether oxygens (including phenoxy) is 1. The van der Waals surface area contributed by atoms with E-state index < -0.39 is 0 Å². The van der Waals surface area contributed by atoms with Gasteiger partial charge in [0, 0.05) is 12.4 Å². The van der Waals surface area contributed by atoms with Crippen molar-refractivity contribution in [2.45, 2.75) is 25.8 Å². The molecule has 0 atom stereocenters. The maximum absolute atomic E-state index is 5.09. The van der Waals surface area contributed by atoms with Crippen molar-refractivity contribution in [1.29, 1.82) is 0 Å². The molecule has 0 radical (unpaired) electrons. The highest BCUT2D eigenvalue weighted by atomic mass is 16.5. The van der Waals surface area contributed by atoms with Crippen LogP contribution < -0.4 is 4.74 Å². The highest BCUT2D eigenvalue weighted by Crippen LogP contribution is 2.26. The van der Waals surface area contributed by atoms with E-state index in [9.17, 15) is 0 Å². The summed E-state index contributed by atoms with van der Waals surface area (Å²) in [7, 11) is 0. The Balaban J connectivity index is 0.000000101. The Hall–Kier alpha value is -1.03. The van der Waals surface area contributed by atoms with Gasteiger partial charge < -0.3 is 9.64 Å². The summed E-state index contributed by atoms with van der Waals surface area (Å²) in [5.74, 6) is 1.11. The molecule has 4 aliphatic heterocycles. The highest BCUT2D eigenvalue weighted by molar-refractivity contribution is 5.01. The summed E-state index contributed by atoms with van der Waals surface area (Å²) in [6.45, 7) is 5.92. The van der Waals surface area contributed by atoms with Gasteiger partial charge in [-0.1, -0.05) is 0 Å². The molecule has 88 valence electrons. The predicted octanol–water partition coefficient (Wildman–Crippen LogP) is 1.38. The highest BCUT2D eigenvalue weighted by Gasteiger charge is 2.24. The summed E-state index contributed by atoms with van der Waals surface area (Å²) >= 11 is 0. The minimum absolute atomic E-state index is 0.755. The predicted molar refractivity (Wildman–Crippen MR) is 61.5 cm³/mol. The Morgan fingerprint density at radius 1 is 1.12 bits per heavy atom. The van der Waals surface area contributed by atoms with Crippen molar-refractivity contribution in [2.24, 2.45) is 5.92 Å². The zero-order valence-electron chi connectivity index (χ0n) is 9.64. The zero-order chi connectivity index (χ0) is 10.8. The van der Waals surface area contributed by atoms with Gasteiger partial charge in [-0.15, -0.1) is 0 Å². The number of hydrogen-bond acceptors (Lipinski definition) is 3. The van der Waals surface area contributed by atoms with Crippen molar-refractivity contribution in [3.63, 3.8) is 0 Å². The quantitative estimate of drug-likeness (QED) is 0.663. The summed E-state index contributed by atoms with van der Waals surface area (Å²) in [6, 6.07) is 0.755. The van der Waals surface area contributed by atoms with E-state index in [0.29, 0.717) is 0 Å². The van der Waals surface area contributed by atoms with Crippen molar-refractivity contribution in [3.05, 3.63) is 12.4 Å². The lowest BCUT2D eigenvalue weighted by molar-refractivity contribution is 0.111. The minimum Gasteiger partial charge on any atom is -0.463 e. The molecule has 3 fully saturated rings. The molecule has 3 saturated heterocycles. The van der Waals surface area contributed by atoms with Gasteiger partial charge in [0.25, 0.3) is 6.01 Å². The van der Waals surface area contributed by atoms with Crippen LogP contribution in [-0.4, -0.2) is 40.7 Å². The lowest BCUT2D eigenvalue weighted by Gasteiger charge is -2.38. The van der Waals surface area contributed by atoms with Crippen LogP contribution in [0.25, 0.3) is 0 Å². The zero-order valence-corrected chi connectivity index (χ0v) is 9.64. The number of aromatic nitrogens is 2. The molecule has 1 aromatic heterocycles. The maximum Gasteiger partial charge on any atom is 0.296 e. The number of rotatable bonds is 0. The number of hydrogen-bond donors (Lipinski definition) is 0. The first-order chi connectivity index (χ1) is 7.92. The Morgan fingerprint density at radius 2 is 1.88 bits per heavy atom. The third-order valence-corrected chi connectivity index (χ3v) is 3.80. The maximum atomic E-state index is 5.09. The largest absolute Gasteiger partial charge is 0.463 e. The van der Waals surface area contributed by atoms with E-state index in [4.69, 9.17) is 4.74 Å². The van der Waals surface area contributed by atoms with Gasteiger partial charge in [0.05, 0.1) is 6.54 Å². The van der Waals surface area contributed by atoms with Crippen LogP contribution in [0.3, 0.4) is 0 Å². The normalized spacial score (nSPS) is 30.2. The molecule has 4 nitrogen and oxygen atoms in total. The first-order valence-electron chi connectivity index (χ1n) is 6.28. The van der Waals surface area contributed by atoms with Gasteiger partial charge in [0.2, 0.25) is 0 Å². The molecule has 0 aromatic carbocycles. The van der Waals surface area contributed by atoms with E-state index >= 15 is 0 Å². The fourth-order valence-corrected chi connectivity index (χ4v) is 2.70. The Labute approximate surface area is 96.2 Å². The molecular weight excluding hydrogens is 202 g/mol. The second-order valence-electron chi connectivity index (χ2n) is 4.83. The fraction of sp³-hybridized carbons (Fsp3) is 0.750. The van der Waals surface area contributed by atoms with Crippen LogP contribution in [0.4, 0.5) is 0 Å². The molecule has 0 aliphatic carbocycles. The van der Waals surface area contributed by atoms with Crippen LogP contribution in [0.1, 0.15) is 19.3 Å². The minimum atomic E-state index is 0.755. The van der Waals surface area contributed by atoms with Gasteiger partial charge >= 0.3 is 0 Å². The third kappa shape index (κ3) is 2.07. The lowest BCUT2D eigenvalue weighted by Crippen LogP contribution is -2.41. The van der Waals surface area contributed by atoms with Crippen molar-refractivity contribution in [2.75, 3.05) is 26.2 Å². The van der Waals surface area contributed by atoms with Gasteiger partial charge in [-0.2, -0.15) is 0 Å². The molecule has 4 aliphatic rings. The van der Waals surface area contributed by atoms with Crippen LogP contribution >= 0.6 is 0 Å². The van der Waals surface area contributed by atoms with Crippen LogP contribution in [0.2, 0.25) is 0 Å². The molecule has 5 rings (SSSR count). The molecule has 4 heteroatoms.